The zero-order valence-electron chi connectivity index (χ0n) is 18.5. The molecule has 4 aromatic rings. The van der Waals surface area contributed by atoms with Crippen LogP contribution < -0.4 is 25.5 Å². The lowest BCUT2D eigenvalue weighted by molar-refractivity contribution is -0.105. The highest BCUT2D eigenvalue weighted by atomic mass is 35.5. The van der Waals surface area contributed by atoms with E-state index in [-0.39, 0.29) is 5.15 Å². The molecule has 0 radical (unpaired) electrons. The lowest BCUT2D eigenvalue weighted by Crippen LogP contribution is -2.23. The second-order valence-electron chi connectivity index (χ2n) is 7.14. The average molecular weight is 506 g/mol. The average Bonchev–Trinajstić information content (AvgIpc) is 2.86. The van der Waals surface area contributed by atoms with Crippen molar-refractivity contribution < 1.29 is 14.3 Å². The number of nitrogens with zero attached hydrogens (tertiary/aromatic N) is 2. The molecular formula is C25H20ClN5O3S. The first kappa shape index (κ1) is 23.9. The summed E-state index contributed by atoms with van der Waals surface area (Å²) in [7, 11) is 1.60. The Morgan fingerprint density at radius 1 is 1.06 bits per heavy atom. The number of methoxy groups -OCH3 is 1. The third-order valence-electron chi connectivity index (χ3n) is 4.80. The zero-order chi connectivity index (χ0) is 24.6. The van der Waals surface area contributed by atoms with Crippen molar-refractivity contribution in [2.45, 2.75) is 0 Å². The quantitative estimate of drug-likeness (QED) is 0.0945. The molecule has 8 nitrogen and oxygen atoms in total. The number of ether oxygens (including phenoxy) is 2. The van der Waals surface area contributed by atoms with Gasteiger partial charge in [-0.2, -0.15) is 5.10 Å². The first-order valence-electron chi connectivity index (χ1n) is 10.4. The number of benzene rings is 3. The summed E-state index contributed by atoms with van der Waals surface area (Å²) in [5.41, 5.74) is 5.18. The van der Waals surface area contributed by atoms with Gasteiger partial charge in [0.15, 0.2) is 10.9 Å². The molecule has 0 bridgehead atoms. The Balaban J connectivity index is 1.51. The van der Waals surface area contributed by atoms with Crippen molar-refractivity contribution in [2.24, 2.45) is 5.10 Å². The van der Waals surface area contributed by atoms with Gasteiger partial charge < -0.3 is 20.1 Å². The van der Waals surface area contributed by atoms with E-state index in [2.05, 4.69) is 26.1 Å². The van der Waals surface area contributed by atoms with Crippen LogP contribution in [0.5, 0.6) is 17.2 Å². The Bertz CT molecular complexity index is 1380. The number of nitrogens with one attached hydrogen (secondary N) is 3. The Kier molecular flexibility index (Phi) is 7.71. The monoisotopic (exact) mass is 505 g/mol. The summed E-state index contributed by atoms with van der Waals surface area (Å²) in [6.07, 6.45) is 2.10. The number of pyridine rings is 1. The van der Waals surface area contributed by atoms with Crippen LogP contribution in [0.3, 0.4) is 0 Å². The number of rotatable bonds is 8. The summed E-state index contributed by atoms with van der Waals surface area (Å²) in [6.45, 7) is 0. The highest BCUT2D eigenvalue weighted by Crippen LogP contribution is 2.34. The van der Waals surface area contributed by atoms with Gasteiger partial charge in [0.05, 0.1) is 24.5 Å². The summed E-state index contributed by atoms with van der Waals surface area (Å²) in [4.78, 5) is 15.6. The van der Waals surface area contributed by atoms with Crippen LogP contribution in [-0.2, 0) is 4.79 Å². The van der Waals surface area contributed by atoms with Gasteiger partial charge in [0.1, 0.15) is 16.7 Å². The first-order chi connectivity index (χ1) is 17.1. The number of carbonyl (C=O) groups is 1. The van der Waals surface area contributed by atoms with Gasteiger partial charge >= 0.3 is 0 Å². The second-order valence-corrected chi connectivity index (χ2v) is 7.91. The summed E-state index contributed by atoms with van der Waals surface area (Å²) in [5.74, 6) is 1.81. The number of halogens is 1. The molecule has 1 amide bonds. The topological polar surface area (TPSA) is 96.9 Å². The molecule has 0 saturated carbocycles. The standard InChI is InChI=1S/C25H20ClN5O3S/c1-33-19-9-7-18(8-10-19)29-25(35)31-28-14-17-11-16-12-22(27-15-32)23(13-21(16)30-24(17)26)34-20-5-3-2-4-6-20/h2-15H,1H3,(H,27,32)(H2,29,31,35)/b28-14+. The molecule has 3 aromatic carbocycles. The number of hydrogen-bond acceptors (Lipinski definition) is 6. The molecule has 0 aliphatic heterocycles. The van der Waals surface area contributed by atoms with Crippen LogP contribution >= 0.6 is 23.8 Å². The molecule has 0 fully saturated rings. The molecule has 4 rings (SSSR count). The Morgan fingerprint density at radius 3 is 2.54 bits per heavy atom. The summed E-state index contributed by atoms with van der Waals surface area (Å²) in [6, 6.07) is 21.8. The van der Waals surface area contributed by atoms with Crippen LogP contribution in [-0.4, -0.2) is 29.8 Å². The van der Waals surface area contributed by atoms with E-state index in [9.17, 15) is 4.79 Å². The number of hydrogen-bond donors (Lipinski definition) is 3. The molecule has 0 unspecified atom stereocenters. The first-order valence-corrected chi connectivity index (χ1v) is 11.2. The molecule has 35 heavy (non-hydrogen) atoms. The van der Waals surface area contributed by atoms with Crippen molar-refractivity contribution in [1.82, 2.24) is 10.4 Å². The molecular weight excluding hydrogens is 486 g/mol. The van der Waals surface area contributed by atoms with Crippen molar-refractivity contribution in [3.63, 3.8) is 0 Å². The van der Waals surface area contributed by atoms with E-state index >= 15 is 0 Å². The molecule has 0 aliphatic rings. The van der Waals surface area contributed by atoms with Crippen LogP contribution in [0.1, 0.15) is 5.56 Å². The summed E-state index contributed by atoms with van der Waals surface area (Å²) < 4.78 is 11.1. The highest BCUT2D eigenvalue weighted by molar-refractivity contribution is 7.80. The molecule has 0 saturated heterocycles. The third-order valence-corrected chi connectivity index (χ3v) is 5.30. The Morgan fingerprint density at radius 2 is 1.83 bits per heavy atom. The largest absolute Gasteiger partial charge is 0.497 e. The van der Waals surface area contributed by atoms with E-state index in [1.54, 1.807) is 25.3 Å². The maximum absolute atomic E-state index is 11.1. The minimum atomic E-state index is 0.249. The SMILES string of the molecule is COc1ccc(NC(=S)N/N=C/c2cc3cc(NC=O)c(Oc4ccccc4)cc3nc2Cl)cc1. The number of fused-ring (bicyclic) bond motifs is 1. The fourth-order valence-corrected chi connectivity index (χ4v) is 3.52. The van der Waals surface area contributed by atoms with E-state index in [0.29, 0.717) is 39.8 Å². The van der Waals surface area contributed by atoms with Crippen molar-refractivity contribution in [3.05, 3.63) is 83.5 Å². The molecule has 0 spiro atoms. The van der Waals surface area contributed by atoms with Crippen LogP contribution in [0.25, 0.3) is 10.9 Å². The maximum Gasteiger partial charge on any atom is 0.211 e. The number of amides is 1. The van der Waals surface area contributed by atoms with Gasteiger partial charge in [-0.05, 0) is 60.7 Å². The van der Waals surface area contributed by atoms with Crippen LogP contribution in [0, 0.1) is 0 Å². The smallest absolute Gasteiger partial charge is 0.211 e. The number of para-hydroxylation sites is 1. The number of aromatic nitrogens is 1. The van der Waals surface area contributed by atoms with Crippen molar-refractivity contribution in [1.29, 1.82) is 0 Å². The third kappa shape index (κ3) is 6.23. The fourth-order valence-electron chi connectivity index (χ4n) is 3.16. The zero-order valence-corrected chi connectivity index (χ0v) is 20.1. The van der Waals surface area contributed by atoms with Crippen molar-refractivity contribution in [3.8, 4) is 17.2 Å². The minimum Gasteiger partial charge on any atom is -0.497 e. The van der Waals surface area contributed by atoms with E-state index in [4.69, 9.17) is 33.3 Å². The molecule has 1 aromatic heterocycles. The van der Waals surface area contributed by atoms with Crippen molar-refractivity contribution >= 4 is 63.8 Å². The van der Waals surface area contributed by atoms with E-state index in [1.807, 2.05) is 54.6 Å². The molecule has 10 heteroatoms. The summed E-state index contributed by atoms with van der Waals surface area (Å²) >= 11 is 11.7. The predicted molar refractivity (Wildman–Crippen MR) is 143 cm³/mol. The molecule has 0 aliphatic carbocycles. The Labute approximate surface area is 211 Å². The van der Waals surface area contributed by atoms with E-state index in [0.717, 1.165) is 16.8 Å². The number of hydrazone groups is 1. The second kappa shape index (κ2) is 11.3. The molecule has 0 atom stereocenters. The lowest BCUT2D eigenvalue weighted by Gasteiger charge is -2.12. The van der Waals surface area contributed by atoms with Crippen LogP contribution in [0.2, 0.25) is 5.15 Å². The Hall–Kier alpha value is -4.21. The summed E-state index contributed by atoms with van der Waals surface area (Å²) in [5, 5.41) is 11.1. The lowest BCUT2D eigenvalue weighted by atomic mass is 10.1. The van der Waals surface area contributed by atoms with E-state index in [1.165, 1.54) is 6.21 Å². The highest BCUT2D eigenvalue weighted by Gasteiger charge is 2.11. The molecule has 3 N–H and O–H groups in total. The van der Waals surface area contributed by atoms with Gasteiger partial charge in [0.25, 0.3) is 0 Å². The number of thiocarbonyl (C=S) groups is 1. The van der Waals surface area contributed by atoms with Gasteiger partial charge in [-0.25, -0.2) is 4.98 Å². The molecule has 176 valence electrons. The number of anilines is 2. The van der Waals surface area contributed by atoms with Crippen molar-refractivity contribution in [2.75, 3.05) is 17.7 Å². The van der Waals surface area contributed by atoms with Gasteiger partial charge in [-0.3, -0.25) is 10.2 Å². The van der Waals surface area contributed by atoms with Gasteiger partial charge in [-0.15, -0.1) is 0 Å². The van der Waals surface area contributed by atoms with Gasteiger partial charge in [0.2, 0.25) is 6.41 Å². The van der Waals surface area contributed by atoms with Gasteiger partial charge in [-0.1, -0.05) is 29.8 Å². The predicted octanol–water partition coefficient (Wildman–Crippen LogP) is 5.58. The minimum absolute atomic E-state index is 0.249. The molecule has 1 heterocycles. The van der Waals surface area contributed by atoms with Crippen LogP contribution in [0.15, 0.2) is 77.9 Å². The van der Waals surface area contributed by atoms with E-state index < -0.39 is 0 Å². The maximum atomic E-state index is 11.1. The number of carbonyl (C=O) groups excluding carboxylic acids is 1. The van der Waals surface area contributed by atoms with Crippen LogP contribution in [0.4, 0.5) is 11.4 Å². The fraction of sp³-hybridized carbons (Fsp3) is 0.0400. The van der Waals surface area contributed by atoms with Gasteiger partial charge in [0, 0.05) is 22.7 Å². The normalized spacial score (nSPS) is 10.7.